The second-order valence-corrected chi connectivity index (χ2v) is 14.1. The van der Waals surface area contributed by atoms with E-state index in [9.17, 15) is 10.4 Å². The standard InChI is InChI=1S/C18H30N5OSi/c1-17(24,25(2,3)4)15-11-21-23(12-15)18(7-8-19)13-22(14-18)16-5-9-20-10-6-16/h11-12,16,20,24H,1,5-7,9-10,13-14H2,2-4H3. The van der Waals surface area contributed by atoms with Crippen LogP contribution >= 0.6 is 0 Å². The maximum atomic E-state index is 10.9. The van der Waals surface area contributed by atoms with E-state index in [0.717, 1.165) is 31.7 Å². The number of hydrogen-bond donors (Lipinski definition) is 2. The number of rotatable bonds is 5. The van der Waals surface area contributed by atoms with Crippen molar-refractivity contribution >= 4 is 8.07 Å². The molecule has 0 amide bonds. The molecule has 0 aliphatic carbocycles. The molecule has 0 spiro atoms. The first-order chi connectivity index (χ1) is 11.7. The van der Waals surface area contributed by atoms with Gasteiger partial charge in [-0.15, -0.1) is 0 Å². The molecule has 6 nitrogen and oxygen atoms in total. The summed E-state index contributed by atoms with van der Waals surface area (Å²) in [6.45, 7) is 14.2. The summed E-state index contributed by atoms with van der Waals surface area (Å²) in [7, 11) is -1.91. The summed E-state index contributed by atoms with van der Waals surface area (Å²) >= 11 is 0. The third-order valence-electron chi connectivity index (χ3n) is 6.01. The number of hydrogen-bond acceptors (Lipinski definition) is 5. The molecule has 3 rings (SSSR count). The van der Waals surface area contributed by atoms with Crippen LogP contribution in [0, 0.1) is 18.3 Å². The Labute approximate surface area is 151 Å². The number of nitrogens with one attached hydrogen (secondary N) is 1. The monoisotopic (exact) mass is 360 g/mol. The SMILES string of the molecule is [CH2]C(O)(c1cnn(C2(CC#N)CN(C3CCNCC3)C2)c1)[Si](C)(C)C. The first-order valence-corrected chi connectivity index (χ1v) is 12.6. The molecule has 0 saturated carbocycles. The zero-order valence-electron chi connectivity index (χ0n) is 15.6. The first kappa shape index (κ1) is 18.6. The Balaban J connectivity index is 1.78. The fourth-order valence-corrected chi connectivity index (χ4v) is 4.85. The molecule has 1 aromatic rings. The van der Waals surface area contributed by atoms with Crippen molar-refractivity contribution in [1.29, 1.82) is 5.26 Å². The summed E-state index contributed by atoms with van der Waals surface area (Å²) in [5, 5.41) is 27.1. The fourth-order valence-electron chi connectivity index (χ4n) is 3.85. The van der Waals surface area contributed by atoms with E-state index >= 15 is 0 Å². The van der Waals surface area contributed by atoms with Crippen LogP contribution in [0.5, 0.6) is 0 Å². The van der Waals surface area contributed by atoms with Gasteiger partial charge in [-0.25, -0.2) is 0 Å². The van der Waals surface area contributed by atoms with Gasteiger partial charge in [0.1, 0.15) is 5.54 Å². The highest BCUT2D eigenvalue weighted by molar-refractivity contribution is 6.78. The third-order valence-corrected chi connectivity index (χ3v) is 8.79. The van der Waals surface area contributed by atoms with Crippen molar-refractivity contribution < 1.29 is 5.11 Å². The van der Waals surface area contributed by atoms with E-state index in [-0.39, 0.29) is 5.54 Å². The van der Waals surface area contributed by atoms with Crippen LogP contribution in [0.3, 0.4) is 0 Å². The zero-order chi connectivity index (χ0) is 18.3. The molecule has 1 atom stereocenters. The van der Waals surface area contributed by atoms with E-state index in [4.69, 9.17) is 0 Å². The number of piperidine rings is 1. The molecule has 0 bridgehead atoms. The van der Waals surface area contributed by atoms with Gasteiger partial charge in [-0.05, 0) is 32.9 Å². The Morgan fingerprint density at radius 2 is 2.08 bits per heavy atom. The minimum absolute atomic E-state index is 0.270. The molecule has 137 valence electrons. The van der Waals surface area contributed by atoms with Gasteiger partial charge in [0.15, 0.2) is 0 Å². The lowest BCUT2D eigenvalue weighted by Crippen LogP contribution is -2.66. The molecule has 0 aromatic carbocycles. The van der Waals surface area contributed by atoms with E-state index < -0.39 is 13.3 Å². The summed E-state index contributed by atoms with van der Waals surface area (Å²) < 4.78 is 1.92. The summed E-state index contributed by atoms with van der Waals surface area (Å²) in [6.07, 6.45) is 6.43. The van der Waals surface area contributed by atoms with Crippen molar-refractivity contribution in [3.05, 3.63) is 24.9 Å². The van der Waals surface area contributed by atoms with Crippen LogP contribution in [0.4, 0.5) is 0 Å². The number of aliphatic hydroxyl groups is 1. The molecule has 1 radical (unpaired) electrons. The van der Waals surface area contributed by atoms with Crippen LogP contribution in [0.2, 0.25) is 19.6 Å². The van der Waals surface area contributed by atoms with Crippen molar-refractivity contribution in [2.24, 2.45) is 0 Å². The lowest BCUT2D eigenvalue weighted by atomic mass is 9.84. The van der Waals surface area contributed by atoms with Crippen molar-refractivity contribution in [2.75, 3.05) is 26.2 Å². The highest BCUT2D eigenvalue weighted by atomic mass is 28.3. The highest BCUT2D eigenvalue weighted by Gasteiger charge is 2.48. The van der Waals surface area contributed by atoms with Crippen LogP contribution in [-0.2, 0) is 10.8 Å². The topological polar surface area (TPSA) is 77.1 Å². The summed E-state index contributed by atoms with van der Waals surface area (Å²) in [4.78, 5) is 2.48. The van der Waals surface area contributed by atoms with Gasteiger partial charge < -0.3 is 10.4 Å². The Morgan fingerprint density at radius 1 is 1.44 bits per heavy atom. The van der Waals surface area contributed by atoms with Gasteiger partial charge in [-0.2, -0.15) is 10.4 Å². The first-order valence-electron chi connectivity index (χ1n) is 9.15. The van der Waals surface area contributed by atoms with E-state index in [0.29, 0.717) is 12.5 Å². The van der Waals surface area contributed by atoms with Crippen LogP contribution < -0.4 is 5.32 Å². The quantitative estimate of drug-likeness (QED) is 0.778. The second-order valence-electron chi connectivity index (χ2n) is 8.73. The van der Waals surface area contributed by atoms with E-state index in [1.165, 1.54) is 12.8 Å². The van der Waals surface area contributed by atoms with Crippen LogP contribution in [-0.4, -0.2) is 60.1 Å². The molecule has 25 heavy (non-hydrogen) atoms. The van der Waals surface area contributed by atoms with Crippen molar-refractivity contribution in [2.45, 2.75) is 55.7 Å². The largest absolute Gasteiger partial charge is 0.389 e. The predicted molar refractivity (Wildman–Crippen MR) is 100 cm³/mol. The average Bonchev–Trinajstić information content (AvgIpc) is 3.01. The van der Waals surface area contributed by atoms with Gasteiger partial charge in [0, 0.05) is 30.9 Å². The van der Waals surface area contributed by atoms with Crippen LogP contribution in [0.15, 0.2) is 12.4 Å². The van der Waals surface area contributed by atoms with Gasteiger partial charge in [-0.3, -0.25) is 9.58 Å². The number of aromatic nitrogens is 2. The lowest BCUT2D eigenvalue weighted by Gasteiger charge is -2.53. The van der Waals surface area contributed by atoms with Gasteiger partial charge >= 0.3 is 0 Å². The van der Waals surface area contributed by atoms with Gasteiger partial charge in [0.2, 0.25) is 0 Å². The molecular formula is C18H30N5OSi. The average molecular weight is 361 g/mol. The minimum atomic E-state index is -1.91. The molecule has 2 N–H and O–H groups in total. The Bertz CT molecular complexity index is 645. The predicted octanol–water partition coefficient (Wildman–Crippen LogP) is 1.46. The number of nitrogens with zero attached hydrogens (tertiary/aromatic N) is 4. The molecule has 3 heterocycles. The fraction of sp³-hybridized carbons (Fsp3) is 0.722. The van der Waals surface area contributed by atoms with Crippen molar-refractivity contribution in [1.82, 2.24) is 20.0 Å². The van der Waals surface area contributed by atoms with E-state index in [1.54, 1.807) is 6.20 Å². The molecule has 1 unspecified atom stereocenters. The molecule has 1 aromatic heterocycles. The Morgan fingerprint density at radius 3 is 2.64 bits per heavy atom. The van der Waals surface area contributed by atoms with Gasteiger partial charge in [-0.1, -0.05) is 19.6 Å². The van der Waals surface area contributed by atoms with Gasteiger partial charge in [0.25, 0.3) is 0 Å². The molecule has 2 fully saturated rings. The molecule has 2 aliphatic heterocycles. The number of likely N-dealkylation sites (tertiary alicyclic amines) is 1. The Hall–Kier alpha value is -1.20. The molecule has 7 heteroatoms. The highest BCUT2D eigenvalue weighted by Crippen LogP contribution is 2.37. The van der Waals surface area contributed by atoms with Gasteiger partial charge in [0.05, 0.1) is 32.0 Å². The van der Waals surface area contributed by atoms with E-state index in [2.05, 4.69) is 47.9 Å². The van der Waals surface area contributed by atoms with E-state index in [1.807, 2.05) is 10.9 Å². The lowest BCUT2D eigenvalue weighted by molar-refractivity contribution is -0.0341. The third kappa shape index (κ3) is 3.28. The summed E-state index contributed by atoms with van der Waals surface area (Å²) in [6, 6.07) is 2.95. The van der Waals surface area contributed by atoms with Crippen LogP contribution in [0.1, 0.15) is 24.8 Å². The van der Waals surface area contributed by atoms with Crippen molar-refractivity contribution in [3.63, 3.8) is 0 Å². The smallest absolute Gasteiger partial charge is 0.101 e. The maximum absolute atomic E-state index is 10.9. The minimum Gasteiger partial charge on any atom is -0.389 e. The normalized spacial score (nSPS) is 24.3. The van der Waals surface area contributed by atoms with Crippen LogP contribution in [0.25, 0.3) is 0 Å². The summed E-state index contributed by atoms with van der Waals surface area (Å²) in [5.74, 6) is 0. The summed E-state index contributed by atoms with van der Waals surface area (Å²) in [5.41, 5.74) is 0.497. The maximum Gasteiger partial charge on any atom is 0.101 e. The molecule has 2 aliphatic rings. The second kappa shape index (κ2) is 6.51. The molecule has 2 saturated heterocycles. The zero-order valence-corrected chi connectivity index (χ0v) is 16.6. The molecular weight excluding hydrogens is 330 g/mol. The van der Waals surface area contributed by atoms with Crippen molar-refractivity contribution in [3.8, 4) is 6.07 Å². The number of nitriles is 1. The Kier molecular flexibility index (Phi) is 4.84.